The van der Waals surface area contributed by atoms with E-state index < -0.39 is 0 Å². The summed E-state index contributed by atoms with van der Waals surface area (Å²) in [7, 11) is 3.90. The van der Waals surface area contributed by atoms with E-state index in [9.17, 15) is 0 Å². The van der Waals surface area contributed by atoms with Gasteiger partial charge in [0.2, 0.25) is 0 Å². The Hall–Kier alpha value is -0.900. The fraction of sp³-hybridized carbons (Fsp3) is 0.667. The molecule has 0 aliphatic carbocycles. The quantitative estimate of drug-likeness (QED) is 0.835. The van der Waals surface area contributed by atoms with E-state index in [0.29, 0.717) is 18.0 Å². The minimum absolute atomic E-state index is 0.400. The molecule has 118 valence electrons. The molecule has 1 aromatic rings. The Labute approximate surface area is 129 Å². The molecule has 0 bridgehead atoms. The van der Waals surface area contributed by atoms with Crippen LogP contribution < -0.4 is 5.32 Å². The third kappa shape index (κ3) is 4.29. The summed E-state index contributed by atoms with van der Waals surface area (Å²) in [5.41, 5.74) is 1.39. The Bertz CT molecular complexity index is 393. The van der Waals surface area contributed by atoms with Crippen LogP contribution in [0.5, 0.6) is 0 Å². The van der Waals surface area contributed by atoms with Gasteiger partial charge in [-0.25, -0.2) is 0 Å². The fourth-order valence-electron chi connectivity index (χ4n) is 3.72. The topological polar surface area (TPSA) is 24.5 Å². The maximum Gasteiger partial charge on any atom is 0.0502 e. The summed E-state index contributed by atoms with van der Waals surface area (Å²) in [6, 6.07) is 11.8. The first-order valence-corrected chi connectivity index (χ1v) is 8.25. The molecule has 1 aromatic carbocycles. The van der Waals surface area contributed by atoms with Crippen molar-refractivity contribution in [1.29, 1.82) is 0 Å². The second kappa shape index (κ2) is 8.52. The Balaban J connectivity index is 2.09. The standard InChI is InChI=1S/C18H30N2O/c1-4-17(18(19-2)16-10-6-5-7-11-16)20-12-8-9-15(13-20)14-21-3/h5-7,10-11,15,17-19H,4,8-9,12-14H2,1-3H3. The van der Waals surface area contributed by atoms with Gasteiger partial charge in [-0.05, 0) is 44.3 Å². The summed E-state index contributed by atoms with van der Waals surface area (Å²) in [6.07, 6.45) is 3.76. The molecule has 1 aliphatic rings. The first-order chi connectivity index (χ1) is 10.3. The molecule has 3 nitrogen and oxygen atoms in total. The van der Waals surface area contributed by atoms with Crippen molar-refractivity contribution in [2.45, 2.75) is 38.3 Å². The predicted octanol–water partition coefficient (Wildman–Crippen LogP) is 3.08. The van der Waals surface area contributed by atoms with Crippen molar-refractivity contribution >= 4 is 0 Å². The Morgan fingerprint density at radius 3 is 2.71 bits per heavy atom. The van der Waals surface area contributed by atoms with Gasteiger partial charge in [0, 0.05) is 25.7 Å². The van der Waals surface area contributed by atoms with Gasteiger partial charge in [0.1, 0.15) is 0 Å². The highest BCUT2D eigenvalue weighted by molar-refractivity contribution is 5.20. The van der Waals surface area contributed by atoms with Crippen molar-refractivity contribution in [3.63, 3.8) is 0 Å². The molecule has 0 radical (unpaired) electrons. The summed E-state index contributed by atoms with van der Waals surface area (Å²) >= 11 is 0. The third-order valence-electron chi connectivity index (χ3n) is 4.69. The number of ether oxygens (including phenoxy) is 1. The molecule has 1 fully saturated rings. The highest BCUT2D eigenvalue weighted by atomic mass is 16.5. The van der Waals surface area contributed by atoms with Crippen LogP contribution in [-0.2, 0) is 4.74 Å². The molecular formula is C18H30N2O. The zero-order chi connectivity index (χ0) is 15.1. The van der Waals surface area contributed by atoms with E-state index >= 15 is 0 Å². The van der Waals surface area contributed by atoms with Gasteiger partial charge in [0.25, 0.3) is 0 Å². The van der Waals surface area contributed by atoms with E-state index in [2.05, 4.69) is 54.5 Å². The van der Waals surface area contributed by atoms with Crippen LogP contribution in [-0.4, -0.2) is 44.8 Å². The van der Waals surface area contributed by atoms with Crippen LogP contribution in [0.2, 0.25) is 0 Å². The Kier molecular flexibility index (Phi) is 6.68. The molecule has 0 amide bonds. The first-order valence-electron chi connectivity index (χ1n) is 8.25. The lowest BCUT2D eigenvalue weighted by Gasteiger charge is -2.41. The van der Waals surface area contributed by atoms with Crippen molar-refractivity contribution in [1.82, 2.24) is 10.2 Å². The maximum absolute atomic E-state index is 5.37. The summed E-state index contributed by atoms with van der Waals surface area (Å²) in [4.78, 5) is 2.67. The number of likely N-dealkylation sites (tertiary alicyclic amines) is 1. The van der Waals surface area contributed by atoms with Crippen molar-refractivity contribution in [3.05, 3.63) is 35.9 Å². The van der Waals surface area contributed by atoms with Crippen molar-refractivity contribution in [2.75, 3.05) is 33.9 Å². The third-order valence-corrected chi connectivity index (χ3v) is 4.69. The second-order valence-electron chi connectivity index (χ2n) is 6.11. The minimum Gasteiger partial charge on any atom is -0.384 e. The van der Waals surface area contributed by atoms with Crippen LogP contribution in [0.25, 0.3) is 0 Å². The van der Waals surface area contributed by atoms with E-state index in [1.807, 2.05) is 7.11 Å². The fourth-order valence-corrected chi connectivity index (χ4v) is 3.72. The molecule has 1 aliphatic heterocycles. The number of hydrogen-bond donors (Lipinski definition) is 1. The van der Waals surface area contributed by atoms with E-state index in [1.54, 1.807) is 0 Å². The van der Waals surface area contributed by atoms with Crippen LogP contribution in [0, 0.1) is 5.92 Å². The molecule has 0 aromatic heterocycles. The molecule has 1 saturated heterocycles. The number of rotatable bonds is 7. The normalized spacial score (nSPS) is 22.9. The first kappa shape index (κ1) is 16.5. The number of methoxy groups -OCH3 is 1. The van der Waals surface area contributed by atoms with Crippen LogP contribution in [0.3, 0.4) is 0 Å². The molecule has 3 atom stereocenters. The van der Waals surface area contributed by atoms with Gasteiger partial charge >= 0.3 is 0 Å². The number of piperidine rings is 1. The number of nitrogens with zero attached hydrogens (tertiary/aromatic N) is 1. The molecule has 3 heteroatoms. The molecular weight excluding hydrogens is 260 g/mol. The number of hydrogen-bond acceptors (Lipinski definition) is 3. The largest absolute Gasteiger partial charge is 0.384 e. The minimum atomic E-state index is 0.400. The van der Waals surface area contributed by atoms with Crippen LogP contribution in [0.1, 0.15) is 37.8 Å². The smallest absolute Gasteiger partial charge is 0.0502 e. The van der Waals surface area contributed by atoms with Gasteiger partial charge in [-0.1, -0.05) is 37.3 Å². The van der Waals surface area contributed by atoms with Gasteiger partial charge in [0.15, 0.2) is 0 Å². The molecule has 0 spiro atoms. The van der Waals surface area contributed by atoms with Crippen molar-refractivity contribution < 1.29 is 4.74 Å². The summed E-state index contributed by atoms with van der Waals surface area (Å²) in [5.74, 6) is 0.686. The van der Waals surface area contributed by atoms with Crippen molar-refractivity contribution in [2.24, 2.45) is 5.92 Å². The second-order valence-corrected chi connectivity index (χ2v) is 6.11. The molecule has 21 heavy (non-hydrogen) atoms. The highest BCUT2D eigenvalue weighted by Gasteiger charge is 2.30. The number of nitrogens with one attached hydrogen (secondary N) is 1. The molecule has 0 saturated carbocycles. The number of benzene rings is 1. The summed E-state index contributed by atoms with van der Waals surface area (Å²) in [5, 5.41) is 3.54. The van der Waals surface area contributed by atoms with Crippen LogP contribution >= 0.6 is 0 Å². The lowest BCUT2D eigenvalue weighted by atomic mass is 9.91. The zero-order valence-corrected chi connectivity index (χ0v) is 13.7. The maximum atomic E-state index is 5.37. The molecule has 1 heterocycles. The lowest BCUT2D eigenvalue weighted by molar-refractivity contribution is 0.0555. The van der Waals surface area contributed by atoms with Crippen molar-refractivity contribution in [3.8, 4) is 0 Å². The average Bonchev–Trinajstić information content (AvgIpc) is 2.54. The van der Waals surface area contributed by atoms with Crippen LogP contribution in [0.15, 0.2) is 30.3 Å². The van der Waals surface area contributed by atoms with E-state index in [0.717, 1.165) is 13.2 Å². The molecule has 2 rings (SSSR count). The summed E-state index contributed by atoms with van der Waals surface area (Å²) in [6.45, 7) is 5.57. The van der Waals surface area contributed by atoms with Crippen LogP contribution in [0.4, 0.5) is 0 Å². The molecule has 1 N–H and O–H groups in total. The predicted molar refractivity (Wildman–Crippen MR) is 88.5 cm³/mol. The van der Waals surface area contributed by atoms with Gasteiger partial charge < -0.3 is 10.1 Å². The van der Waals surface area contributed by atoms with Gasteiger partial charge in [-0.2, -0.15) is 0 Å². The van der Waals surface area contributed by atoms with Gasteiger partial charge in [-0.15, -0.1) is 0 Å². The monoisotopic (exact) mass is 290 g/mol. The van der Waals surface area contributed by atoms with E-state index in [-0.39, 0.29) is 0 Å². The Morgan fingerprint density at radius 1 is 1.33 bits per heavy atom. The SMILES string of the molecule is CCC(C(NC)c1ccccc1)N1CCCC(COC)C1. The van der Waals surface area contributed by atoms with E-state index in [4.69, 9.17) is 4.74 Å². The van der Waals surface area contributed by atoms with E-state index in [1.165, 1.54) is 31.4 Å². The highest BCUT2D eigenvalue weighted by Crippen LogP contribution is 2.27. The zero-order valence-electron chi connectivity index (χ0n) is 13.7. The molecule has 3 unspecified atom stereocenters. The van der Waals surface area contributed by atoms with Gasteiger partial charge in [-0.3, -0.25) is 4.90 Å². The average molecular weight is 290 g/mol. The lowest BCUT2D eigenvalue weighted by Crippen LogP contribution is -2.48. The number of likely N-dealkylation sites (N-methyl/N-ethyl adjacent to an activating group) is 1. The Morgan fingerprint density at radius 2 is 2.10 bits per heavy atom. The van der Waals surface area contributed by atoms with Gasteiger partial charge in [0.05, 0.1) is 6.61 Å². The summed E-state index contributed by atoms with van der Waals surface area (Å²) < 4.78 is 5.37.